The lowest BCUT2D eigenvalue weighted by Gasteiger charge is -2.26. The first kappa shape index (κ1) is 11.2. The molecule has 1 unspecified atom stereocenters. The molecule has 3 rings (SSSR count). The molecule has 1 N–H and O–H groups in total. The van der Waals surface area contributed by atoms with E-state index in [1.807, 2.05) is 66.7 Å². The molecule has 2 nitrogen and oxygen atoms in total. The zero-order valence-corrected chi connectivity index (χ0v) is 9.91. The summed E-state index contributed by atoms with van der Waals surface area (Å²) in [5.74, 6) is -1.33. The zero-order chi connectivity index (χ0) is 12.4. The van der Waals surface area contributed by atoms with Crippen LogP contribution in [0.3, 0.4) is 0 Å². The van der Waals surface area contributed by atoms with Gasteiger partial charge in [-0.25, -0.2) is 0 Å². The molecule has 0 aliphatic carbocycles. The second kappa shape index (κ2) is 4.41. The van der Waals surface area contributed by atoms with Crippen molar-refractivity contribution in [3.63, 3.8) is 0 Å². The standard InChI is InChI=1S/C16H14O2/c17-16(14-9-5-2-6-10-14)15(11-12-18-16)13-7-3-1-4-8-13/h1-11,17H,12H2. The highest BCUT2D eigenvalue weighted by Gasteiger charge is 2.38. The van der Waals surface area contributed by atoms with E-state index in [1.165, 1.54) is 0 Å². The normalized spacial score (nSPS) is 22.8. The van der Waals surface area contributed by atoms with Crippen LogP contribution in [0.15, 0.2) is 66.7 Å². The summed E-state index contributed by atoms with van der Waals surface area (Å²) in [5, 5.41) is 10.8. The first-order valence-corrected chi connectivity index (χ1v) is 5.98. The Bertz CT molecular complexity index is 560. The van der Waals surface area contributed by atoms with E-state index in [4.69, 9.17) is 4.74 Å². The first-order valence-electron chi connectivity index (χ1n) is 5.98. The molecule has 0 amide bonds. The Kier molecular flexibility index (Phi) is 2.74. The van der Waals surface area contributed by atoms with Crippen molar-refractivity contribution in [3.8, 4) is 0 Å². The highest BCUT2D eigenvalue weighted by molar-refractivity contribution is 5.74. The predicted octanol–water partition coefficient (Wildman–Crippen LogP) is 2.95. The lowest BCUT2D eigenvalue weighted by Crippen LogP contribution is -2.27. The molecule has 0 fully saturated rings. The van der Waals surface area contributed by atoms with Crippen LogP contribution in [0.5, 0.6) is 0 Å². The average Bonchev–Trinajstić information content (AvgIpc) is 2.84. The molecule has 0 spiro atoms. The predicted molar refractivity (Wildman–Crippen MR) is 70.7 cm³/mol. The summed E-state index contributed by atoms with van der Waals surface area (Å²) in [5.41, 5.74) is 2.56. The van der Waals surface area contributed by atoms with E-state index in [0.717, 1.165) is 16.7 Å². The zero-order valence-electron chi connectivity index (χ0n) is 9.91. The lowest BCUT2D eigenvalue weighted by atomic mass is 9.93. The summed E-state index contributed by atoms with van der Waals surface area (Å²) in [4.78, 5) is 0. The first-order chi connectivity index (χ1) is 8.81. The van der Waals surface area contributed by atoms with Crippen molar-refractivity contribution in [1.82, 2.24) is 0 Å². The summed E-state index contributed by atoms with van der Waals surface area (Å²) < 4.78 is 5.56. The van der Waals surface area contributed by atoms with E-state index in [2.05, 4.69) is 0 Å². The Morgan fingerprint density at radius 1 is 0.889 bits per heavy atom. The molecule has 2 heteroatoms. The van der Waals surface area contributed by atoms with Gasteiger partial charge in [-0.2, -0.15) is 0 Å². The number of aliphatic hydroxyl groups is 1. The fourth-order valence-electron chi connectivity index (χ4n) is 2.30. The van der Waals surface area contributed by atoms with Gasteiger partial charge in [0.05, 0.1) is 6.61 Å². The smallest absolute Gasteiger partial charge is 0.220 e. The molecule has 2 aromatic carbocycles. The highest BCUT2D eigenvalue weighted by atomic mass is 16.6. The van der Waals surface area contributed by atoms with Gasteiger partial charge in [-0.1, -0.05) is 60.7 Å². The summed E-state index contributed by atoms with van der Waals surface area (Å²) >= 11 is 0. The van der Waals surface area contributed by atoms with E-state index < -0.39 is 5.79 Å². The molecule has 1 heterocycles. The fourth-order valence-corrected chi connectivity index (χ4v) is 2.30. The van der Waals surface area contributed by atoms with Crippen molar-refractivity contribution in [2.75, 3.05) is 6.61 Å². The van der Waals surface area contributed by atoms with E-state index in [9.17, 15) is 5.11 Å². The summed E-state index contributed by atoms with van der Waals surface area (Å²) in [7, 11) is 0. The maximum absolute atomic E-state index is 10.8. The van der Waals surface area contributed by atoms with Crippen LogP contribution in [-0.2, 0) is 10.5 Å². The van der Waals surface area contributed by atoms with Gasteiger partial charge >= 0.3 is 0 Å². The van der Waals surface area contributed by atoms with Crippen molar-refractivity contribution >= 4 is 5.57 Å². The van der Waals surface area contributed by atoms with Crippen LogP contribution in [0.2, 0.25) is 0 Å². The van der Waals surface area contributed by atoms with Crippen molar-refractivity contribution < 1.29 is 9.84 Å². The quantitative estimate of drug-likeness (QED) is 0.871. The SMILES string of the molecule is OC1(c2ccccc2)OCC=C1c1ccccc1. The molecular formula is C16H14O2. The van der Waals surface area contributed by atoms with Gasteiger partial charge < -0.3 is 9.84 Å². The van der Waals surface area contributed by atoms with Gasteiger partial charge in [0.2, 0.25) is 5.79 Å². The van der Waals surface area contributed by atoms with Crippen LogP contribution in [0, 0.1) is 0 Å². The molecule has 0 bridgehead atoms. The molecular weight excluding hydrogens is 224 g/mol. The second-order valence-corrected chi connectivity index (χ2v) is 4.30. The van der Waals surface area contributed by atoms with Crippen LogP contribution in [-0.4, -0.2) is 11.7 Å². The Morgan fingerprint density at radius 2 is 1.50 bits per heavy atom. The van der Waals surface area contributed by atoms with Crippen molar-refractivity contribution in [2.24, 2.45) is 0 Å². The van der Waals surface area contributed by atoms with Gasteiger partial charge in [-0.05, 0) is 11.6 Å². The minimum Gasteiger partial charge on any atom is -0.358 e. The Labute approximate surface area is 106 Å². The molecule has 1 aliphatic rings. The molecule has 0 aromatic heterocycles. The van der Waals surface area contributed by atoms with Gasteiger partial charge in [0.15, 0.2) is 0 Å². The van der Waals surface area contributed by atoms with Gasteiger partial charge in [0.25, 0.3) is 0 Å². The maximum atomic E-state index is 10.8. The van der Waals surface area contributed by atoms with Crippen LogP contribution >= 0.6 is 0 Å². The summed E-state index contributed by atoms with van der Waals surface area (Å²) in [6, 6.07) is 19.3. The Balaban J connectivity index is 2.06. The number of hydrogen-bond donors (Lipinski definition) is 1. The molecule has 0 radical (unpaired) electrons. The second-order valence-electron chi connectivity index (χ2n) is 4.30. The van der Waals surface area contributed by atoms with Crippen LogP contribution in [0.25, 0.3) is 5.57 Å². The number of rotatable bonds is 2. The third-order valence-corrected chi connectivity index (χ3v) is 3.19. The highest BCUT2D eigenvalue weighted by Crippen LogP contribution is 2.40. The maximum Gasteiger partial charge on any atom is 0.220 e. The molecule has 90 valence electrons. The molecule has 18 heavy (non-hydrogen) atoms. The van der Waals surface area contributed by atoms with Crippen LogP contribution < -0.4 is 0 Å². The molecule has 1 aliphatic heterocycles. The summed E-state index contributed by atoms with van der Waals surface area (Å²) in [6.07, 6.45) is 1.93. The Morgan fingerprint density at radius 3 is 2.17 bits per heavy atom. The van der Waals surface area contributed by atoms with E-state index in [1.54, 1.807) is 0 Å². The minimum absolute atomic E-state index is 0.426. The largest absolute Gasteiger partial charge is 0.358 e. The third-order valence-electron chi connectivity index (χ3n) is 3.19. The van der Waals surface area contributed by atoms with Crippen molar-refractivity contribution in [2.45, 2.75) is 5.79 Å². The molecule has 1 atom stereocenters. The monoisotopic (exact) mass is 238 g/mol. The topological polar surface area (TPSA) is 29.5 Å². The fraction of sp³-hybridized carbons (Fsp3) is 0.125. The van der Waals surface area contributed by atoms with Gasteiger partial charge in [0, 0.05) is 11.1 Å². The van der Waals surface area contributed by atoms with Crippen LogP contribution in [0.4, 0.5) is 0 Å². The number of benzene rings is 2. The molecule has 0 saturated carbocycles. The average molecular weight is 238 g/mol. The van der Waals surface area contributed by atoms with E-state index in [-0.39, 0.29) is 0 Å². The number of ether oxygens (including phenoxy) is 1. The lowest BCUT2D eigenvalue weighted by molar-refractivity contribution is -0.146. The van der Waals surface area contributed by atoms with Gasteiger partial charge in [-0.15, -0.1) is 0 Å². The van der Waals surface area contributed by atoms with Gasteiger partial charge in [0.1, 0.15) is 0 Å². The third kappa shape index (κ3) is 1.76. The Hall–Kier alpha value is -1.90. The van der Waals surface area contributed by atoms with Crippen molar-refractivity contribution in [1.29, 1.82) is 0 Å². The van der Waals surface area contributed by atoms with E-state index in [0.29, 0.717) is 6.61 Å². The molecule has 2 aromatic rings. The van der Waals surface area contributed by atoms with E-state index >= 15 is 0 Å². The number of hydrogen-bond acceptors (Lipinski definition) is 2. The van der Waals surface area contributed by atoms with Crippen LogP contribution in [0.1, 0.15) is 11.1 Å². The van der Waals surface area contributed by atoms with Crippen molar-refractivity contribution in [3.05, 3.63) is 77.9 Å². The van der Waals surface area contributed by atoms with Gasteiger partial charge in [-0.3, -0.25) is 0 Å². The summed E-state index contributed by atoms with van der Waals surface area (Å²) in [6.45, 7) is 0.426. The minimum atomic E-state index is -1.33. The molecule has 0 saturated heterocycles.